The fourth-order valence-electron chi connectivity index (χ4n) is 2.46. The van der Waals surface area contributed by atoms with Crippen LogP contribution in [0.1, 0.15) is 15.9 Å². The molecule has 0 saturated carbocycles. The Morgan fingerprint density at radius 3 is 2.59 bits per heavy atom. The van der Waals surface area contributed by atoms with Gasteiger partial charge in [-0.3, -0.25) is 25.8 Å². The van der Waals surface area contributed by atoms with Gasteiger partial charge in [0, 0.05) is 15.2 Å². The number of benzene rings is 2. The highest BCUT2D eigenvalue weighted by Crippen LogP contribution is 2.32. The average molecular weight is 478 g/mol. The minimum Gasteiger partial charge on any atom is -0.334 e. The van der Waals surface area contributed by atoms with Gasteiger partial charge in [-0.05, 0) is 58.7 Å². The smallest absolute Gasteiger partial charge is 0.334 e. The summed E-state index contributed by atoms with van der Waals surface area (Å²) in [4.78, 5) is 31.2. The number of anilines is 3. The summed E-state index contributed by atoms with van der Waals surface area (Å²) in [6.45, 7) is 1.80. The number of carbonyl (C=O) groups excluding carboxylic acids is 1. The van der Waals surface area contributed by atoms with Gasteiger partial charge in [0.05, 0.1) is 10.5 Å². The summed E-state index contributed by atoms with van der Waals surface area (Å²) in [7, 11) is 0. The molecule has 0 aliphatic heterocycles. The van der Waals surface area contributed by atoms with Crippen LogP contribution in [0.5, 0.6) is 0 Å². The van der Waals surface area contributed by atoms with Crippen molar-refractivity contribution in [3.63, 3.8) is 0 Å². The summed E-state index contributed by atoms with van der Waals surface area (Å²) in [6, 6.07) is 11.8. The number of nitrogens with zero attached hydrogens (tertiary/aromatic N) is 3. The summed E-state index contributed by atoms with van der Waals surface area (Å²) in [5.74, 6) is -0.693. The fraction of sp³-hybridized carbons (Fsp3) is 0.0556. The molecule has 0 aliphatic carbocycles. The Kier molecular flexibility index (Phi) is 6.25. The maximum atomic E-state index is 12.3. The minimum absolute atomic E-state index is 0.0342. The van der Waals surface area contributed by atoms with E-state index < -0.39 is 16.5 Å². The van der Waals surface area contributed by atoms with Crippen molar-refractivity contribution in [1.82, 2.24) is 15.4 Å². The fourth-order valence-corrected chi connectivity index (χ4v) is 3.15. The molecule has 1 aromatic heterocycles. The van der Waals surface area contributed by atoms with Gasteiger partial charge in [0.2, 0.25) is 11.6 Å². The summed E-state index contributed by atoms with van der Waals surface area (Å²) >= 11 is 9.22. The number of halogens is 2. The van der Waals surface area contributed by atoms with E-state index in [0.717, 1.165) is 11.9 Å². The average Bonchev–Trinajstić information content (AvgIpc) is 2.68. The van der Waals surface area contributed by atoms with Crippen molar-refractivity contribution >= 4 is 56.4 Å². The molecule has 0 bridgehead atoms. The van der Waals surface area contributed by atoms with E-state index in [1.54, 1.807) is 49.4 Å². The van der Waals surface area contributed by atoms with Crippen LogP contribution < -0.4 is 16.2 Å². The van der Waals surface area contributed by atoms with Crippen molar-refractivity contribution in [2.24, 2.45) is 0 Å². The van der Waals surface area contributed by atoms with Crippen LogP contribution in [0.4, 0.5) is 23.0 Å². The number of nitro groups is 1. The van der Waals surface area contributed by atoms with Crippen LogP contribution in [-0.2, 0) is 0 Å². The lowest BCUT2D eigenvalue weighted by Crippen LogP contribution is -2.30. The van der Waals surface area contributed by atoms with Gasteiger partial charge in [-0.25, -0.2) is 9.97 Å². The normalized spacial score (nSPS) is 10.3. The first-order chi connectivity index (χ1) is 13.9. The van der Waals surface area contributed by atoms with Crippen LogP contribution in [0.3, 0.4) is 0 Å². The Bertz CT molecular complexity index is 1090. The maximum absolute atomic E-state index is 12.3. The molecule has 1 amide bonds. The van der Waals surface area contributed by atoms with Crippen molar-refractivity contribution in [2.45, 2.75) is 6.92 Å². The number of aryl methyl sites for hydroxylation is 1. The second kappa shape index (κ2) is 8.84. The Balaban J connectivity index is 1.86. The Morgan fingerprint density at radius 1 is 1.17 bits per heavy atom. The largest absolute Gasteiger partial charge is 0.355 e. The van der Waals surface area contributed by atoms with Gasteiger partial charge in [-0.1, -0.05) is 23.7 Å². The molecule has 9 nitrogen and oxygen atoms in total. The number of nitrogens with one attached hydrogen (secondary N) is 3. The van der Waals surface area contributed by atoms with Gasteiger partial charge in [0.15, 0.2) is 0 Å². The molecule has 0 spiro atoms. The van der Waals surface area contributed by atoms with Crippen LogP contribution in [0.25, 0.3) is 0 Å². The molecule has 29 heavy (non-hydrogen) atoms. The highest BCUT2D eigenvalue weighted by Gasteiger charge is 2.24. The first-order valence-corrected chi connectivity index (χ1v) is 9.37. The zero-order valence-electron chi connectivity index (χ0n) is 14.9. The lowest BCUT2D eigenvalue weighted by molar-refractivity contribution is -0.383. The van der Waals surface area contributed by atoms with Gasteiger partial charge in [0.25, 0.3) is 5.91 Å². The van der Waals surface area contributed by atoms with Gasteiger partial charge >= 0.3 is 5.69 Å². The Morgan fingerprint density at radius 2 is 1.90 bits per heavy atom. The first kappa shape index (κ1) is 20.5. The molecule has 0 atom stereocenters. The molecule has 0 radical (unpaired) electrons. The van der Waals surface area contributed by atoms with Crippen molar-refractivity contribution in [2.75, 3.05) is 10.7 Å². The topological polar surface area (TPSA) is 122 Å². The standard InChI is InChI=1S/C18H14BrClN6O3/c1-10-8-11(20)6-7-14(10)23-16-15(26(28)29)17(22-9-21-16)24-25-18(27)12-4-2-3-5-13(12)19/h2-9H,1H3,(H,25,27)(H2,21,22,23,24). The molecule has 148 valence electrons. The van der Waals surface area contributed by atoms with E-state index >= 15 is 0 Å². The zero-order valence-corrected chi connectivity index (χ0v) is 17.3. The lowest BCUT2D eigenvalue weighted by atomic mass is 10.2. The van der Waals surface area contributed by atoms with Gasteiger partial charge in [-0.15, -0.1) is 0 Å². The molecule has 0 unspecified atom stereocenters. The van der Waals surface area contributed by atoms with Gasteiger partial charge in [0.1, 0.15) is 6.33 Å². The Hall–Kier alpha value is -3.24. The third-order valence-corrected chi connectivity index (χ3v) is 4.79. The van der Waals surface area contributed by atoms with E-state index in [1.807, 2.05) is 0 Å². The predicted octanol–water partition coefficient (Wildman–Crippen LogP) is 4.61. The minimum atomic E-state index is -0.638. The predicted molar refractivity (Wildman–Crippen MR) is 113 cm³/mol. The highest BCUT2D eigenvalue weighted by molar-refractivity contribution is 9.10. The number of hydrogen-bond acceptors (Lipinski definition) is 7. The molecular formula is C18H14BrClN6O3. The second-order valence-electron chi connectivity index (χ2n) is 5.82. The number of rotatable bonds is 6. The van der Waals surface area contributed by atoms with Crippen LogP contribution in [0.15, 0.2) is 53.3 Å². The van der Waals surface area contributed by atoms with E-state index in [4.69, 9.17) is 11.6 Å². The number of hydrogen-bond donors (Lipinski definition) is 3. The number of carbonyl (C=O) groups is 1. The van der Waals surface area contributed by atoms with E-state index in [2.05, 4.69) is 42.1 Å². The lowest BCUT2D eigenvalue weighted by Gasteiger charge is -2.12. The molecule has 0 fully saturated rings. The van der Waals surface area contributed by atoms with Crippen LogP contribution in [-0.4, -0.2) is 20.8 Å². The molecule has 1 heterocycles. The van der Waals surface area contributed by atoms with Crippen molar-refractivity contribution in [3.05, 3.63) is 79.5 Å². The monoisotopic (exact) mass is 476 g/mol. The molecular weight excluding hydrogens is 464 g/mol. The van der Waals surface area contributed by atoms with Crippen molar-refractivity contribution in [3.8, 4) is 0 Å². The molecule has 3 N–H and O–H groups in total. The third-order valence-electron chi connectivity index (χ3n) is 3.86. The molecule has 0 aliphatic rings. The molecule has 3 aromatic rings. The van der Waals surface area contributed by atoms with E-state index in [1.165, 1.54) is 0 Å². The highest BCUT2D eigenvalue weighted by atomic mass is 79.9. The van der Waals surface area contributed by atoms with Gasteiger partial charge < -0.3 is 5.32 Å². The van der Waals surface area contributed by atoms with E-state index in [9.17, 15) is 14.9 Å². The summed E-state index contributed by atoms with van der Waals surface area (Å²) in [5.41, 5.74) is 6.21. The van der Waals surface area contributed by atoms with Gasteiger partial charge in [-0.2, -0.15) is 0 Å². The van der Waals surface area contributed by atoms with Crippen molar-refractivity contribution in [1.29, 1.82) is 0 Å². The molecule has 3 rings (SSSR count). The molecule has 11 heteroatoms. The van der Waals surface area contributed by atoms with E-state index in [0.29, 0.717) is 20.7 Å². The summed E-state index contributed by atoms with van der Waals surface area (Å²) in [6.07, 6.45) is 1.15. The zero-order chi connectivity index (χ0) is 21.0. The summed E-state index contributed by atoms with van der Waals surface area (Å²) in [5, 5.41) is 15.1. The second-order valence-corrected chi connectivity index (χ2v) is 7.11. The van der Waals surface area contributed by atoms with Crippen LogP contribution in [0, 0.1) is 17.0 Å². The number of aromatic nitrogens is 2. The SMILES string of the molecule is Cc1cc(Cl)ccc1Nc1ncnc(NNC(=O)c2ccccc2Br)c1[N+](=O)[O-]. The number of hydrazine groups is 1. The summed E-state index contributed by atoms with van der Waals surface area (Å²) < 4.78 is 0.581. The molecule has 2 aromatic carbocycles. The first-order valence-electron chi connectivity index (χ1n) is 8.20. The maximum Gasteiger partial charge on any atom is 0.355 e. The van der Waals surface area contributed by atoms with Crippen LogP contribution >= 0.6 is 27.5 Å². The quantitative estimate of drug-likeness (QED) is 0.350. The van der Waals surface area contributed by atoms with Crippen molar-refractivity contribution < 1.29 is 9.72 Å². The Labute approximate surface area is 178 Å². The van der Waals surface area contributed by atoms with E-state index in [-0.39, 0.29) is 11.6 Å². The molecule has 0 saturated heterocycles. The third kappa shape index (κ3) is 4.79. The number of amides is 1. The van der Waals surface area contributed by atoms with Crippen LogP contribution in [0.2, 0.25) is 5.02 Å².